The molecular formula is C9H17NO2. The lowest BCUT2D eigenvalue weighted by atomic mass is 9.98. The van der Waals surface area contributed by atoms with Gasteiger partial charge in [0.15, 0.2) is 0 Å². The molecule has 2 atom stereocenters. The summed E-state index contributed by atoms with van der Waals surface area (Å²) in [6, 6.07) is 0. The molecule has 1 heterocycles. The predicted molar refractivity (Wildman–Crippen MR) is 46.8 cm³/mol. The van der Waals surface area contributed by atoms with Crippen LogP contribution in [-0.4, -0.2) is 37.1 Å². The predicted octanol–water partition coefficient (Wildman–Crippen LogP) is 0.890. The Balaban J connectivity index is 2.51. The summed E-state index contributed by atoms with van der Waals surface area (Å²) < 4.78 is 5.25. The van der Waals surface area contributed by atoms with E-state index in [1.54, 1.807) is 14.0 Å². The summed E-state index contributed by atoms with van der Waals surface area (Å²) in [6.07, 6.45) is 1.30. The molecule has 0 spiro atoms. The van der Waals surface area contributed by atoms with Gasteiger partial charge < -0.3 is 9.64 Å². The number of rotatable bonds is 1. The Morgan fingerprint density at radius 2 is 2.17 bits per heavy atom. The van der Waals surface area contributed by atoms with Gasteiger partial charge in [-0.1, -0.05) is 6.92 Å². The molecule has 1 saturated heterocycles. The first kappa shape index (κ1) is 9.52. The van der Waals surface area contributed by atoms with Crippen LogP contribution in [0.5, 0.6) is 0 Å². The average Bonchev–Trinajstić information content (AvgIpc) is 2.03. The molecule has 12 heavy (non-hydrogen) atoms. The maximum absolute atomic E-state index is 11.1. The molecule has 0 N–H and O–H groups in total. The van der Waals surface area contributed by atoms with Crippen LogP contribution in [0.2, 0.25) is 0 Å². The zero-order valence-electron chi connectivity index (χ0n) is 8.04. The molecular weight excluding hydrogens is 154 g/mol. The van der Waals surface area contributed by atoms with Gasteiger partial charge in [-0.25, -0.2) is 0 Å². The minimum Gasteiger partial charge on any atom is -0.380 e. The summed E-state index contributed by atoms with van der Waals surface area (Å²) in [5, 5.41) is 0. The fraction of sp³-hybridized carbons (Fsp3) is 0.889. The molecule has 0 saturated carbocycles. The van der Waals surface area contributed by atoms with Gasteiger partial charge in [-0.3, -0.25) is 4.79 Å². The molecule has 0 aromatic rings. The first-order valence-corrected chi connectivity index (χ1v) is 4.41. The minimum absolute atomic E-state index is 0.156. The summed E-state index contributed by atoms with van der Waals surface area (Å²) in [4.78, 5) is 12.9. The third-order valence-electron chi connectivity index (χ3n) is 2.40. The topological polar surface area (TPSA) is 29.5 Å². The SMILES string of the molecule is COC1CC(C)CN(C(C)=O)C1. The number of amides is 1. The van der Waals surface area contributed by atoms with Crippen molar-refractivity contribution >= 4 is 5.91 Å². The number of carbonyl (C=O) groups is 1. The Morgan fingerprint density at radius 1 is 1.50 bits per heavy atom. The van der Waals surface area contributed by atoms with Crippen molar-refractivity contribution in [2.45, 2.75) is 26.4 Å². The van der Waals surface area contributed by atoms with Crippen LogP contribution in [0.25, 0.3) is 0 Å². The van der Waals surface area contributed by atoms with Crippen molar-refractivity contribution in [3.8, 4) is 0 Å². The molecule has 1 rings (SSSR count). The molecule has 1 fully saturated rings. The van der Waals surface area contributed by atoms with Gasteiger partial charge in [-0.2, -0.15) is 0 Å². The molecule has 0 aliphatic carbocycles. The van der Waals surface area contributed by atoms with Crippen LogP contribution in [-0.2, 0) is 9.53 Å². The normalized spacial score (nSPS) is 30.4. The fourth-order valence-corrected chi connectivity index (χ4v) is 1.72. The zero-order valence-corrected chi connectivity index (χ0v) is 8.04. The van der Waals surface area contributed by atoms with Crippen molar-refractivity contribution in [3.05, 3.63) is 0 Å². The lowest BCUT2D eigenvalue weighted by molar-refractivity contribution is -0.133. The second kappa shape index (κ2) is 3.90. The Labute approximate surface area is 73.7 Å². The fourth-order valence-electron chi connectivity index (χ4n) is 1.72. The van der Waals surface area contributed by atoms with Crippen molar-refractivity contribution in [3.63, 3.8) is 0 Å². The Hall–Kier alpha value is -0.570. The van der Waals surface area contributed by atoms with Gasteiger partial charge in [0.05, 0.1) is 6.10 Å². The molecule has 3 heteroatoms. The molecule has 0 radical (unpaired) electrons. The van der Waals surface area contributed by atoms with Gasteiger partial charge in [-0.15, -0.1) is 0 Å². The number of nitrogens with zero attached hydrogens (tertiary/aromatic N) is 1. The number of ether oxygens (including phenoxy) is 1. The maximum atomic E-state index is 11.1. The Morgan fingerprint density at radius 3 is 2.67 bits per heavy atom. The highest BCUT2D eigenvalue weighted by Crippen LogP contribution is 2.17. The first-order valence-electron chi connectivity index (χ1n) is 4.41. The van der Waals surface area contributed by atoms with E-state index in [2.05, 4.69) is 6.92 Å². The highest BCUT2D eigenvalue weighted by Gasteiger charge is 2.25. The van der Waals surface area contributed by atoms with Gasteiger partial charge >= 0.3 is 0 Å². The van der Waals surface area contributed by atoms with Crippen LogP contribution in [0, 0.1) is 5.92 Å². The largest absolute Gasteiger partial charge is 0.380 e. The van der Waals surface area contributed by atoms with Crippen LogP contribution in [0.15, 0.2) is 0 Å². The van der Waals surface area contributed by atoms with E-state index in [0.29, 0.717) is 5.92 Å². The number of carbonyl (C=O) groups excluding carboxylic acids is 1. The van der Waals surface area contributed by atoms with Crippen molar-refractivity contribution in [1.82, 2.24) is 4.90 Å². The maximum Gasteiger partial charge on any atom is 0.219 e. The van der Waals surface area contributed by atoms with E-state index in [0.717, 1.165) is 19.5 Å². The van der Waals surface area contributed by atoms with Gasteiger partial charge in [0.25, 0.3) is 0 Å². The second-order valence-corrected chi connectivity index (χ2v) is 3.62. The summed E-state index contributed by atoms with van der Waals surface area (Å²) >= 11 is 0. The van der Waals surface area contributed by atoms with Crippen LogP contribution in [0.3, 0.4) is 0 Å². The van der Waals surface area contributed by atoms with E-state index in [1.807, 2.05) is 4.90 Å². The van der Waals surface area contributed by atoms with Gasteiger partial charge in [0.1, 0.15) is 0 Å². The molecule has 0 aromatic carbocycles. The molecule has 1 aliphatic heterocycles. The lowest BCUT2D eigenvalue weighted by Gasteiger charge is -2.35. The number of hydrogen-bond acceptors (Lipinski definition) is 2. The first-order chi connectivity index (χ1) is 5.63. The summed E-state index contributed by atoms with van der Waals surface area (Å²) in [6.45, 7) is 5.41. The number of piperidine rings is 1. The zero-order chi connectivity index (χ0) is 9.14. The number of methoxy groups -OCH3 is 1. The van der Waals surface area contributed by atoms with Crippen LogP contribution in [0.1, 0.15) is 20.3 Å². The van der Waals surface area contributed by atoms with Crippen LogP contribution < -0.4 is 0 Å². The van der Waals surface area contributed by atoms with Crippen LogP contribution >= 0.6 is 0 Å². The highest BCUT2D eigenvalue weighted by atomic mass is 16.5. The number of hydrogen-bond donors (Lipinski definition) is 0. The van der Waals surface area contributed by atoms with Crippen molar-refractivity contribution in [2.75, 3.05) is 20.2 Å². The number of likely N-dealkylation sites (tertiary alicyclic amines) is 1. The smallest absolute Gasteiger partial charge is 0.219 e. The summed E-state index contributed by atoms with van der Waals surface area (Å²) in [7, 11) is 1.71. The monoisotopic (exact) mass is 171 g/mol. The average molecular weight is 171 g/mol. The second-order valence-electron chi connectivity index (χ2n) is 3.62. The van der Waals surface area contributed by atoms with E-state index < -0.39 is 0 Å². The van der Waals surface area contributed by atoms with Gasteiger partial charge in [-0.05, 0) is 12.3 Å². The van der Waals surface area contributed by atoms with Gasteiger partial charge in [0.2, 0.25) is 5.91 Å². The summed E-state index contributed by atoms with van der Waals surface area (Å²) in [5.41, 5.74) is 0. The Kier molecular flexibility index (Phi) is 3.09. The van der Waals surface area contributed by atoms with Crippen molar-refractivity contribution in [2.24, 2.45) is 5.92 Å². The molecule has 1 amide bonds. The molecule has 3 nitrogen and oxygen atoms in total. The molecule has 0 bridgehead atoms. The standard InChI is InChI=1S/C9H17NO2/c1-7-4-9(12-3)6-10(5-7)8(2)11/h7,9H,4-6H2,1-3H3. The highest BCUT2D eigenvalue weighted by molar-refractivity contribution is 5.73. The van der Waals surface area contributed by atoms with E-state index in [4.69, 9.17) is 4.74 Å². The third-order valence-corrected chi connectivity index (χ3v) is 2.40. The molecule has 1 aliphatic rings. The Bertz CT molecular complexity index is 170. The lowest BCUT2D eigenvalue weighted by Crippen LogP contribution is -2.45. The molecule has 2 unspecified atom stereocenters. The van der Waals surface area contributed by atoms with E-state index in [9.17, 15) is 4.79 Å². The van der Waals surface area contributed by atoms with Crippen molar-refractivity contribution < 1.29 is 9.53 Å². The third kappa shape index (κ3) is 2.21. The quantitative estimate of drug-likeness (QED) is 0.586. The summed E-state index contributed by atoms with van der Waals surface area (Å²) in [5.74, 6) is 0.719. The minimum atomic E-state index is 0.156. The molecule has 0 aromatic heterocycles. The van der Waals surface area contributed by atoms with Gasteiger partial charge in [0, 0.05) is 27.1 Å². The van der Waals surface area contributed by atoms with Crippen molar-refractivity contribution in [1.29, 1.82) is 0 Å². The van der Waals surface area contributed by atoms with Crippen LogP contribution in [0.4, 0.5) is 0 Å². The molecule has 70 valence electrons. The van der Waals surface area contributed by atoms with E-state index >= 15 is 0 Å². The van der Waals surface area contributed by atoms with E-state index in [-0.39, 0.29) is 12.0 Å². The van der Waals surface area contributed by atoms with E-state index in [1.165, 1.54) is 0 Å².